The van der Waals surface area contributed by atoms with Crippen LogP contribution in [0.15, 0.2) is 70.4 Å². The summed E-state index contributed by atoms with van der Waals surface area (Å²) >= 11 is 0. The van der Waals surface area contributed by atoms with Gasteiger partial charge in [-0.3, -0.25) is 23.9 Å². The van der Waals surface area contributed by atoms with Gasteiger partial charge in [-0.15, -0.1) is 0 Å². The monoisotopic (exact) mass is 430 g/mol. The normalized spacial score (nSPS) is 21.6. The molecule has 32 heavy (non-hydrogen) atoms. The van der Waals surface area contributed by atoms with Crippen molar-refractivity contribution >= 4 is 17.5 Å². The lowest BCUT2D eigenvalue weighted by Crippen LogP contribution is -2.44. The Hall–Kier alpha value is -3.94. The van der Waals surface area contributed by atoms with Gasteiger partial charge in [-0.05, 0) is 30.5 Å². The smallest absolute Gasteiger partial charge is 0.328 e. The lowest BCUT2D eigenvalue weighted by atomic mass is 9.72. The molecule has 1 spiro atoms. The molecular weight excluding hydrogens is 408 g/mol. The fraction of sp³-hybridized carbons (Fsp3) is 0.250. The molecule has 0 radical (unpaired) electrons. The molecule has 2 aliphatic rings. The van der Waals surface area contributed by atoms with Crippen molar-refractivity contribution < 1.29 is 9.59 Å². The van der Waals surface area contributed by atoms with Crippen LogP contribution in [0.3, 0.4) is 0 Å². The van der Waals surface area contributed by atoms with E-state index in [1.165, 1.54) is 10.8 Å². The second-order valence-electron chi connectivity index (χ2n) is 8.32. The number of aromatic amines is 1. The molecule has 2 atom stereocenters. The van der Waals surface area contributed by atoms with Crippen LogP contribution >= 0.6 is 0 Å². The number of likely N-dealkylation sites (tertiary alicyclic amines) is 1. The summed E-state index contributed by atoms with van der Waals surface area (Å²) in [5, 5.41) is 2.99. The van der Waals surface area contributed by atoms with Gasteiger partial charge in [-0.1, -0.05) is 48.5 Å². The van der Waals surface area contributed by atoms with E-state index < -0.39 is 22.7 Å². The molecule has 162 valence electrons. The number of fused-ring (bicyclic) bond motifs is 2. The standard InChI is InChI=1S/C24H22N4O4/c1-15-13-27(23(32)26-21(15)30)14-19(29)28-12-11-24(20(28)16-7-3-2-4-8-16)17-9-5-6-10-18(17)25-22(24)31/h2-10,13,20H,11-12,14H2,1H3,(H,25,31)(H,26,30,32). The summed E-state index contributed by atoms with van der Waals surface area (Å²) in [5.74, 6) is -0.415. The van der Waals surface area contributed by atoms with Crippen molar-refractivity contribution in [1.29, 1.82) is 0 Å². The van der Waals surface area contributed by atoms with Crippen LogP contribution in [-0.2, 0) is 21.5 Å². The average Bonchev–Trinajstić information content (AvgIpc) is 3.32. The second-order valence-corrected chi connectivity index (χ2v) is 8.32. The summed E-state index contributed by atoms with van der Waals surface area (Å²) < 4.78 is 1.20. The number of hydrogen-bond donors (Lipinski definition) is 2. The first-order valence-corrected chi connectivity index (χ1v) is 10.5. The first kappa shape index (κ1) is 20.0. The number of aromatic nitrogens is 2. The minimum Gasteiger partial charge on any atom is -0.333 e. The number of benzene rings is 2. The lowest BCUT2D eigenvalue weighted by Gasteiger charge is -2.34. The Morgan fingerprint density at radius 1 is 1.06 bits per heavy atom. The highest BCUT2D eigenvalue weighted by atomic mass is 16.2. The van der Waals surface area contributed by atoms with Gasteiger partial charge in [0.15, 0.2) is 0 Å². The maximum Gasteiger partial charge on any atom is 0.328 e. The minimum atomic E-state index is -0.903. The van der Waals surface area contributed by atoms with Gasteiger partial charge in [0.05, 0.1) is 6.04 Å². The van der Waals surface area contributed by atoms with Crippen molar-refractivity contribution in [2.75, 3.05) is 11.9 Å². The van der Waals surface area contributed by atoms with Crippen molar-refractivity contribution in [1.82, 2.24) is 14.5 Å². The predicted molar refractivity (Wildman–Crippen MR) is 118 cm³/mol. The first-order valence-electron chi connectivity index (χ1n) is 10.5. The largest absolute Gasteiger partial charge is 0.333 e. The van der Waals surface area contributed by atoms with Crippen LogP contribution in [0.4, 0.5) is 5.69 Å². The molecule has 3 heterocycles. The third-order valence-corrected chi connectivity index (χ3v) is 6.52. The molecule has 1 saturated heterocycles. The number of para-hydroxylation sites is 1. The zero-order valence-corrected chi connectivity index (χ0v) is 17.5. The highest BCUT2D eigenvalue weighted by molar-refractivity contribution is 6.07. The third-order valence-electron chi connectivity index (χ3n) is 6.52. The van der Waals surface area contributed by atoms with E-state index in [0.29, 0.717) is 18.5 Å². The fourth-order valence-electron chi connectivity index (χ4n) is 5.03. The summed E-state index contributed by atoms with van der Waals surface area (Å²) in [6.45, 7) is 1.73. The van der Waals surface area contributed by atoms with Crippen molar-refractivity contribution in [2.24, 2.45) is 0 Å². The van der Waals surface area contributed by atoms with E-state index in [0.717, 1.165) is 16.8 Å². The molecule has 1 fully saturated rings. The topological polar surface area (TPSA) is 104 Å². The first-order chi connectivity index (χ1) is 15.4. The van der Waals surface area contributed by atoms with Crippen LogP contribution in [0.1, 0.15) is 29.2 Å². The zero-order valence-electron chi connectivity index (χ0n) is 17.5. The number of H-pyrrole nitrogens is 1. The number of carbonyl (C=O) groups is 2. The Bertz CT molecular complexity index is 1340. The second kappa shape index (κ2) is 7.33. The van der Waals surface area contributed by atoms with Crippen LogP contribution in [-0.4, -0.2) is 32.8 Å². The van der Waals surface area contributed by atoms with E-state index >= 15 is 0 Å². The molecule has 2 aromatic carbocycles. The molecule has 2 aliphatic heterocycles. The molecule has 2 unspecified atom stereocenters. The molecule has 5 rings (SSSR count). The number of aryl methyl sites for hydroxylation is 1. The number of carbonyl (C=O) groups excluding carboxylic acids is 2. The molecular formula is C24H22N4O4. The highest BCUT2D eigenvalue weighted by Crippen LogP contribution is 2.54. The summed E-state index contributed by atoms with van der Waals surface area (Å²) in [6, 6.07) is 16.6. The van der Waals surface area contributed by atoms with Crippen molar-refractivity contribution in [2.45, 2.75) is 31.3 Å². The van der Waals surface area contributed by atoms with Gasteiger partial charge in [-0.25, -0.2) is 4.79 Å². The Morgan fingerprint density at radius 2 is 1.78 bits per heavy atom. The van der Waals surface area contributed by atoms with Gasteiger partial charge < -0.3 is 10.2 Å². The number of anilines is 1. The Morgan fingerprint density at radius 3 is 2.56 bits per heavy atom. The predicted octanol–water partition coefficient (Wildman–Crippen LogP) is 1.71. The van der Waals surface area contributed by atoms with E-state index in [9.17, 15) is 19.2 Å². The van der Waals surface area contributed by atoms with Gasteiger partial charge in [0.2, 0.25) is 11.8 Å². The number of rotatable bonds is 3. The molecule has 2 amide bonds. The summed E-state index contributed by atoms with van der Waals surface area (Å²) in [4.78, 5) is 54.6. The Kier molecular flexibility index (Phi) is 4.58. The van der Waals surface area contributed by atoms with Gasteiger partial charge >= 0.3 is 5.69 Å². The van der Waals surface area contributed by atoms with Crippen LogP contribution in [0.5, 0.6) is 0 Å². The van der Waals surface area contributed by atoms with E-state index in [2.05, 4.69) is 10.3 Å². The highest BCUT2D eigenvalue weighted by Gasteiger charge is 2.59. The van der Waals surface area contributed by atoms with E-state index in [-0.39, 0.29) is 18.4 Å². The number of nitrogens with one attached hydrogen (secondary N) is 2. The SMILES string of the molecule is Cc1cn(CC(=O)N2CCC3(C(=O)Nc4ccccc43)C2c2ccccc2)c(=O)[nH]c1=O. The quantitative estimate of drug-likeness (QED) is 0.660. The van der Waals surface area contributed by atoms with Gasteiger partial charge in [0, 0.05) is 24.0 Å². The van der Waals surface area contributed by atoms with Crippen LogP contribution in [0, 0.1) is 6.92 Å². The Labute approximate surface area is 183 Å². The van der Waals surface area contributed by atoms with Crippen LogP contribution in [0.2, 0.25) is 0 Å². The van der Waals surface area contributed by atoms with Crippen molar-refractivity contribution in [3.63, 3.8) is 0 Å². The molecule has 0 saturated carbocycles. The van der Waals surface area contributed by atoms with E-state index in [1.807, 2.05) is 54.6 Å². The average molecular weight is 430 g/mol. The molecule has 2 N–H and O–H groups in total. The third kappa shape index (κ3) is 2.90. The molecule has 1 aromatic heterocycles. The van der Waals surface area contributed by atoms with Crippen LogP contribution in [0.25, 0.3) is 0 Å². The van der Waals surface area contributed by atoms with Crippen molar-refractivity contribution in [3.05, 3.63) is 98.3 Å². The molecule has 8 nitrogen and oxygen atoms in total. The van der Waals surface area contributed by atoms with E-state index in [4.69, 9.17) is 0 Å². The maximum atomic E-state index is 13.4. The van der Waals surface area contributed by atoms with Gasteiger partial charge in [0.1, 0.15) is 12.0 Å². The number of nitrogens with zero attached hydrogens (tertiary/aromatic N) is 2. The summed E-state index contributed by atoms with van der Waals surface area (Å²) in [6.07, 6.45) is 1.86. The molecule has 0 bridgehead atoms. The molecule has 0 aliphatic carbocycles. The molecule has 8 heteroatoms. The van der Waals surface area contributed by atoms with E-state index in [1.54, 1.807) is 11.8 Å². The fourth-order valence-corrected chi connectivity index (χ4v) is 5.03. The van der Waals surface area contributed by atoms with Gasteiger partial charge in [0.25, 0.3) is 5.56 Å². The minimum absolute atomic E-state index is 0.125. The maximum absolute atomic E-state index is 13.4. The zero-order chi connectivity index (χ0) is 22.5. The number of hydrogen-bond acceptors (Lipinski definition) is 4. The van der Waals surface area contributed by atoms with Crippen molar-refractivity contribution in [3.8, 4) is 0 Å². The lowest BCUT2D eigenvalue weighted by molar-refractivity contribution is -0.134. The Balaban J connectivity index is 1.59. The van der Waals surface area contributed by atoms with Gasteiger partial charge in [-0.2, -0.15) is 0 Å². The molecule has 3 aromatic rings. The summed E-state index contributed by atoms with van der Waals surface area (Å²) in [5.41, 5.74) is 0.836. The number of amides is 2. The summed E-state index contributed by atoms with van der Waals surface area (Å²) in [7, 11) is 0. The van der Waals surface area contributed by atoms with Crippen LogP contribution < -0.4 is 16.6 Å².